The van der Waals surface area contributed by atoms with Crippen LogP contribution in [0.4, 0.5) is 0 Å². The molecule has 16 nitrogen and oxygen atoms in total. The monoisotopic (exact) mass is 1370 g/mol. The van der Waals surface area contributed by atoms with Gasteiger partial charge in [-0.2, -0.15) is 0 Å². The quantitative estimate of drug-likeness (QED) is 0.0146. The maximum absolute atomic E-state index is 12.9. The molecule has 0 rings (SSSR count). The standard InChI is InChI=1S/C77H132O16P2/c1-4-7-10-13-16-19-22-24-26-28-30-32-34-35-37-39-40-42-44-46-49-51-54-57-60-63-75(80)87-66-72(78)67-89-94(83,84)90-68-73(79)69-91-95(85,86)92-71-74(93-77(82)65-62-59-56-53-48-21-18-15-12-9-6-3)70-88-76(81)64-61-58-55-52-50-47-45-43-41-38-36-33-31-29-27-25-23-20-17-14-11-8-5-2/h7-8,10-11,16-17,19-20,24-27,30-33,35,37-38,41,72-74,78-79H,4-6,9,12-15,18,21-23,28-29,34,36,39-40,42-71H2,1-3H3,(H,83,84)(H,85,86)/b10-7-,11-8-,19-16-,20-17-,26-24-,27-25-,32-30-,33-31-,37-35-,41-38-. The van der Waals surface area contributed by atoms with Crippen molar-refractivity contribution in [3.05, 3.63) is 122 Å². The van der Waals surface area contributed by atoms with Crippen molar-refractivity contribution in [3.63, 3.8) is 0 Å². The van der Waals surface area contributed by atoms with E-state index in [1.807, 2.05) is 0 Å². The molecule has 0 bridgehead atoms. The van der Waals surface area contributed by atoms with Crippen LogP contribution >= 0.6 is 15.6 Å². The van der Waals surface area contributed by atoms with Crippen LogP contribution in [0.3, 0.4) is 0 Å². The van der Waals surface area contributed by atoms with Gasteiger partial charge in [0.1, 0.15) is 25.4 Å². The Morgan fingerprint density at radius 3 is 0.884 bits per heavy atom. The van der Waals surface area contributed by atoms with Crippen molar-refractivity contribution in [2.45, 2.75) is 309 Å². The van der Waals surface area contributed by atoms with E-state index in [0.717, 1.165) is 167 Å². The summed E-state index contributed by atoms with van der Waals surface area (Å²) in [5, 5.41) is 20.6. The fourth-order valence-corrected chi connectivity index (χ4v) is 11.2. The Labute approximate surface area is 576 Å². The zero-order chi connectivity index (χ0) is 69.5. The smallest absolute Gasteiger partial charge is 0.463 e. The van der Waals surface area contributed by atoms with Gasteiger partial charge in [0.2, 0.25) is 0 Å². The van der Waals surface area contributed by atoms with Gasteiger partial charge >= 0.3 is 33.6 Å². The fraction of sp³-hybridized carbons (Fsp3) is 0.701. The van der Waals surface area contributed by atoms with Gasteiger partial charge in [-0.05, 0) is 109 Å². The predicted octanol–water partition coefficient (Wildman–Crippen LogP) is 21.0. The van der Waals surface area contributed by atoms with Gasteiger partial charge in [-0.15, -0.1) is 0 Å². The lowest BCUT2D eigenvalue weighted by Crippen LogP contribution is -2.30. The van der Waals surface area contributed by atoms with Crippen LogP contribution in [-0.4, -0.2) is 95.9 Å². The van der Waals surface area contributed by atoms with Crippen LogP contribution < -0.4 is 0 Å². The molecule has 5 atom stereocenters. The maximum atomic E-state index is 12.9. The van der Waals surface area contributed by atoms with Crippen LogP contribution in [0.5, 0.6) is 0 Å². The fourth-order valence-electron chi connectivity index (χ4n) is 9.62. The van der Waals surface area contributed by atoms with Gasteiger partial charge in [0.25, 0.3) is 0 Å². The molecule has 0 aliphatic carbocycles. The molecule has 0 saturated heterocycles. The first-order valence-electron chi connectivity index (χ1n) is 36.8. The Bertz CT molecular complexity index is 2210. The molecular weight excluding hydrogens is 1240 g/mol. The van der Waals surface area contributed by atoms with Crippen LogP contribution in [0.2, 0.25) is 0 Å². The summed E-state index contributed by atoms with van der Waals surface area (Å²) in [5.41, 5.74) is 0. The van der Waals surface area contributed by atoms with Gasteiger partial charge in [-0.3, -0.25) is 32.5 Å². The molecule has 0 aliphatic heterocycles. The minimum atomic E-state index is -4.93. The van der Waals surface area contributed by atoms with Crippen molar-refractivity contribution < 1.29 is 75.8 Å². The van der Waals surface area contributed by atoms with E-state index >= 15 is 0 Å². The number of hydrogen-bond acceptors (Lipinski definition) is 14. The third-order valence-corrected chi connectivity index (χ3v) is 17.1. The molecule has 0 radical (unpaired) electrons. The van der Waals surface area contributed by atoms with Crippen molar-refractivity contribution in [2.75, 3.05) is 39.6 Å². The summed E-state index contributed by atoms with van der Waals surface area (Å²) in [6.07, 6.45) is 81.1. The summed E-state index contributed by atoms with van der Waals surface area (Å²) in [6.45, 7) is 2.42. The summed E-state index contributed by atoms with van der Waals surface area (Å²) >= 11 is 0. The lowest BCUT2D eigenvalue weighted by atomic mass is 10.1. The minimum absolute atomic E-state index is 0.102. The van der Waals surface area contributed by atoms with Gasteiger partial charge in [0, 0.05) is 19.3 Å². The molecule has 0 aromatic rings. The first kappa shape index (κ1) is 91.0. The van der Waals surface area contributed by atoms with Gasteiger partial charge in [-0.25, -0.2) is 9.13 Å². The highest BCUT2D eigenvalue weighted by Crippen LogP contribution is 2.45. The predicted molar refractivity (Wildman–Crippen MR) is 390 cm³/mol. The zero-order valence-electron chi connectivity index (χ0n) is 59.3. The largest absolute Gasteiger partial charge is 0.472 e. The minimum Gasteiger partial charge on any atom is -0.463 e. The summed E-state index contributed by atoms with van der Waals surface area (Å²) in [5.74, 6) is -1.59. The highest BCUT2D eigenvalue weighted by atomic mass is 31.2. The van der Waals surface area contributed by atoms with Gasteiger partial charge in [-0.1, -0.05) is 284 Å². The van der Waals surface area contributed by atoms with Crippen molar-refractivity contribution in [2.24, 2.45) is 0 Å². The average Bonchev–Trinajstić information content (AvgIpc) is 3.35. The van der Waals surface area contributed by atoms with Crippen LogP contribution in [0, 0.1) is 0 Å². The summed E-state index contributed by atoms with van der Waals surface area (Å²) < 4.78 is 61.0. The first-order valence-corrected chi connectivity index (χ1v) is 39.8. The Balaban J connectivity index is 4.53. The van der Waals surface area contributed by atoms with E-state index in [9.17, 15) is 43.5 Å². The molecule has 5 unspecified atom stereocenters. The maximum Gasteiger partial charge on any atom is 0.472 e. The van der Waals surface area contributed by atoms with E-state index in [0.29, 0.717) is 19.3 Å². The molecule has 0 aromatic heterocycles. The van der Waals surface area contributed by atoms with Crippen molar-refractivity contribution in [1.82, 2.24) is 0 Å². The lowest BCUT2D eigenvalue weighted by molar-refractivity contribution is -0.161. The van der Waals surface area contributed by atoms with Crippen molar-refractivity contribution in [1.29, 1.82) is 0 Å². The highest BCUT2D eigenvalue weighted by Gasteiger charge is 2.29. The third kappa shape index (κ3) is 71.1. The van der Waals surface area contributed by atoms with Crippen molar-refractivity contribution in [3.8, 4) is 0 Å². The van der Waals surface area contributed by atoms with E-state index in [2.05, 4.69) is 142 Å². The van der Waals surface area contributed by atoms with Crippen LogP contribution in [-0.2, 0) is 55.8 Å². The van der Waals surface area contributed by atoms with E-state index in [4.69, 9.17) is 32.3 Å². The number of phosphoric acid groups is 2. The molecule has 95 heavy (non-hydrogen) atoms. The number of ether oxygens (including phenoxy) is 3. The number of phosphoric ester groups is 2. The molecule has 0 spiro atoms. The zero-order valence-corrected chi connectivity index (χ0v) is 61.1. The van der Waals surface area contributed by atoms with Crippen LogP contribution in [0.1, 0.15) is 290 Å². The van der Waals surface area contributed by atoms with E-state index in [1.54, 1.807) is 0 Å². The molecule has 4 N–H and O–H groups in total. The van der Waals surface area contributed by atoms with E-state index < -0.39 is 91.5 Å². The lowest BCUT2D eigenvalue weighted by Gasteiger charge is -2.21. The third-order valence-electron chi connectivity index (χ3n) is 15.2. The molecule has 0 heterocycles. The molecule has 0 aromatic carbocycles. The number of hydrogen-bond donors (Lipinski definition) is 4. The first-order chi connectivity index (χ1) is 46.2. The number of esters is 3. The van der Waals surface area contributed by atoms with Crippen molar-refractivity contribution >= 4 is 33.6 Å². The topological polar surface area (TPSA) is 231 Å². The normalized spacial score (nSPS) is 14.8. The number of aliphatic hydroxyl groups is 2. The molecule has 0 aliphatic rings. The molecule has 0 amide bonds. The Morgan fingerprint density at radius 2 is 0.558 bits per heavy atom. The molecule has 0 fully saturated rings. The Kier molecular flexibility index (Phi) is 66.9. The molecule has 546 valence electrons. The van der Waals surface area contributed by atoms with E-state index in [-0.39, 0.29) is 19.3 Å². The summed E-state index contributed by atoms with van der Waals surface area (Å²) in [4.78, 5) is 58.4. The number of carbonyl (C=O) groups is 3. The highest BCUT2D eigenvalue weighted by molar-refractivity contribution is 7.47. The number of allylic oxidation sites excluding steroid dienone is 20. The number of carbonyl (C=O) groups excluding carboxylic acids is 3. The number of aliphatic hydroxyl groups excluding tert-OH is 2. The molecule has 18 heteroatoms. The second-order valence-corrected chi connectivity index (χ2v) is 27.2. The number of rotatable bonds is 69. The molecular formula is C77H132O16P2. The van der Waals surface area contributed by atoms with Gasteiger partial charge < -0.3 is 34.2 Å². The Hall–Kier alpha value is -4.05. The average molecular weight is 1380 g/mol. The summed E-state index contributed by atoms with van der Waals surface area (Å²) in [7, 11) is -9.78. The second-order valence-electron chi connectivity index (χ2n) is 24.3. The number of unbranched alkanes of at least 4 members (excludes halogenated alkanes) is 26. The van der Waals surface area contributed by atoms with Crippen LogP contribution in [0.25, 0.3) is 0 Å². The van der Waals surface area contributed by atoms with Gasteiger partial charge in [0.15, 0.2) is 6.10 Å². The summed E-state index contributed by atoms with van der Waals surface area (Å²) in [6, 6.07) is 0. The van der Waals surface area contributed by atoms with E-state index in [1.165, 1.54) is 64.2 Å². The second kappa shape index (κ2) is 69.8. The van der Waals surface area contributed by atoms with Gasteiger partial charge in [0.05, 0.1) is 26.4 Å². The molecule has 0 saturated carbocycles. The van der Waals surface area contributed by atoms with Crippen LogP contribution in [0.15, 0.2) is 122 Å². The Morgan fingerprint density at radius 1 is 0.305 bits per heavy atom. The SMILES string of the molecule is CC/C=C\C/C=C\C/C=C\C/C=C\C/C=C\CCCCCCCCCCCC(=O)OCC(O)COP(=O)(O)OCC(O)COP(=O)(O)OCC(COC(=O)CCCCCCCCC/C=C\C/C=C\C/C=C\C/C=C\C/C=C\CC)OC(=O)CCCCCCCCCCCCC.